The van der Waals surface area contributed by atoms with E-state index in [4.69, 9.17) is 30.6 Å². The maximum Gasteiger partial charge on any atom is 0.530 e. The Morgan fingerprint density at radius 2 is 0.738 bits per heavy atom. The third kappa shape index (κ3) is 11.5. The van der Waals surface area contributed by atoms with Crippen LogP contribution in [0.2, 0.25) is 0 Å². The van der Waals surface area contributed by atoms with Crippen molar-refractivity contribution < 1.29 is 116 Å². The molecule has 0 amide bonds. The standard InChI is InChI=1S/C16H20O24P2/c17-5(18)1-15(13(29)30,2-6(19)20)39-41(33,34)37-11(27)9(25)10(26)12(28)38-42(35,36)40-16(14(31)32,3-7(21)22)4-8(23)24/h9-10,25-26H,1-4H2,(H,17,18)(H,19,20)(H,21,22)(H,23,24)(H,29,30)(H,31,32)(H,33,34)(H,35,36). The van der Waals surface area contributed by atoms with E-state index in [1.165, 1.54) is 0 Å². The molecule has 0 aromatic heterocycles. The molecule has 4 atom stereocenters. The van der Waals surface area contributed by atoms with E-state index in [-0.39, 0.29) is 0 Å². The molecular weight excluding hydrogens is 638 g/mol. The molecule has 0 aliphatic heterocycles. The number of aliphatic hydroxyl groups is 2. The van der Waals surface area contributed by atoms with Gasteiger partial charge in [0.25, 0.3) is 0 Å². The SMILES string of the molecule is O=C(O)CC(CC(=O)O)(OP(=O)(O)OC(=O)C(O)C(O)C(=O)OP(=O)(O)OC(CC(=O)O)(CC(=O)O)C(=O)O)C(=O)O. The molecule has 26 heteroatoms. The predicted octanol–water partition coefficient (Wildman–Crippen LogP) is -3.43. The topological polar surface area (TPSA) is 410 Å². The number of phosphoric acid groups is 2. The quantitative estimate of drug-likeness (QED) is 0.0604. The second-order valence-electron chi connectivity index (χ2n) is 7.71. The van der Waals surface area contributed by atoms with Gasteiger partial charge in [0.15, 0.2) is 23.4 Å². The van der Waals surface area contributed by atoms with Crippen LogP contribution in [0.3, 0.4) is 0 Å². The Balaban J connectivity index is 5.90. The number of carbonyl (C=O) groups excluding carboxylic acids is 2. The molecule has 238 valence electrons. The van der Waals surface area contributed by atoms with Crippen LogP contribution in [0.1, 0.15) is 25.7 Å². The minimum atomic E-state index is -6.25. The third-order valence-corrected chi connectivity index (χ3v) is 6.28. The molecule has 0 saturated carbocycles. The second-order valence-corrected chi connectivity index (χ2v) is 10.3. The molecule has 0 aliphatic carbocycles. The lowest BCUT2D eigenvalue weighted by molar-refractivity contribution is -0.173. The maximum atomic E-state index is 12.1. The van der Waals surface area contributed by atoms with Gasteiger partial charge in [0, 0.05) is 0 Å². The molecule has 0 aromatic carbocycles. The lowest BCUT2D eigenvalue weighted by Gasteiger charge is -2.28. The van der Waals surface area contributed by atoms with Crippen molar-refractivity contribution in [1.29, 1.82) is 0 Å². The van der Waals surface area contributed by atoms with Crippen LogP contribution in [0.5, 0.6) is 0 Å². The van der Waals surface area contributed by atoms with Gasteiger partial charge in [0.05, 0.1) is 25.7 Å². The molecule has 0 radical (unpaired) electrons. The molecular formula is C16H20O24P2. The first-order valence-electron chi connectivity index (χ1n) is 10.0. The Bertz CT molecular complexity index is 1110. The summed E-state index contributed by atoms with van der Waals surface area (Å²) in [5, 5.41) is 73.0. The number of carboxylic acids is 6. The summed E-state index contributed by atoms with van der Waals surface area (Å²) >= 11 is 0. The molecule has 0 heterocycles. The third-order valence-electron chi connectivity index (χ3n) is 4.30. The Labute approximate surface area is 229 Å². The second kappa shape index (κ2) is 14.2. The van der Waals surface area contributed by atoms with Crippen LogP contribution in [-0.4, -0.2) is 122 Å². The number of hydrogen-bond donors (Lipinski definition) is 10. The molecule has 10 N–H and O–H groups in total. The first-order chi connectivity index (χ1) is 18.8. The zero-order chi connectivity index (χ0) is 33.4. The number of carboxylic acid groups (broad SMARTS) is 6. The van der Waals surface area contributed by atoms with Gasteiger partial charge in [-0.25, -0.2) is 28.3 Å². The lowest BCUT2D eigenvalue weighted by Crippen LogP contribution is -2.46. The molecule has 0 spiro atoms. The van der Waals surface area contributed by atoms with Crippen LogP contribution in [0.4, 0.5) is 0 Å². The minimum absolute atomic E-state index is 1.82. The number of aliphatic hydroxyl groups excluding tert-OH is 2. The van der Waals surface area contributed by atoms with Crippen LogP contribution in [0.15, 0.2) is 0 Å². The van der Waals surface area contributed by atoms with Gasteiger partial charge in [-0.05, 0) is 0 Å². The van der Waals surface area contributed by atoms with Gasteiger partial charge >= 0.3 is 63.4 Å². The van der Waals surface area contributed by atoms with Crippen molar-refractivity contribution >= 4 is 63.4 Å². The smallest absolute Gasteiger partial charge is 0.481 e. The number of carbonyl (C=O) groups is 8. The first-order valence-corrected chi connectivity index (χ1v) is 13.0. The Morgan fingerprint density at radius 3 is 0.905 bits per heavy atom. The summed E-state index contributed by atoms with van der Waals surface area (Å²) in [6.07, 6.45) is -14.1. The van der Waals surface area contributed by atoms with Crippen molar-refractivity contribution in [3.05, 3.63) is 0 Å². The molecule has 0 fully saturated rings. The van der Waals surface area contributed by atoms with E-state index >= 15 is 0 Å². The molecule has 42 heavy (non-hydrogen) atoms. The van der Waals surface area contributed by atoms with Gasteiger partial charge in [-0.2, -0.15) is 0 Å². The van der Waals surface area contributed by atoms with E-state index < -0.39 is 112 Å². The van der Waals surface area contributed by atoms with E-state index in [2.05, 4.69) is 18.1 Å². The highest BCUT2D eigenvalue weighted by Gasteiger charge is 2.53. The molecule has 4 unspecified atom stereocenters. The molecule has 0 rings (SSSR count). The summed E-state index contributed by atoms with van der Waals surface area (Å²) in [5.74, 6) is -18.5. The summed E-state index contributed by atoms with van der Waals surface area (Å²) in [6, 6.07) is 0. The number of aliphatic carboxylic acids is 6. The zero-order valence-corrected chi connectivity index (χ0v) is 21.9. The molecule has 0 bridgehead atoms. The van der Waals surface area contributed by atoms with Crippen molar-refractivity contribution in [3.63, 3.8) is 0 Å². The Kier molecular flexibility index (Phi) is 12.9. The highest BCUT2D eigenvalue weighted by atomic mass is 31.2. The summed E-state index contributed by atoms with van der Waals surface area (Å²) in [4.78, 5) is 110. The highest BCUT2D eigenvalue weighted by molar-refractivity contribution is 7.48. The molecule has 0 aromatic rings. The number of rotatable bonds is 19. The maximum absolute atomic E-state index is 12.1. The van der Waals surface area contributed by atoms with E-state index in [9.17, 15) is 67.5 Å². The summed E-state index contributed by atoms with van der Waals surface area (Å²) < 4.78 is 39.6. The van der Waals surface area contributed by atoms with Gasteiger partial charge in [-0.1, -0.05) is 0 Å². The van der Waals surface area contributed by atoms with E-state index in [1.54, 1.807) is 0 Å². The minimum Gasteiger partial charge on any atom is -0.481 e. The molecule has 24 nitrogen and oxygen atoms in total. The van der Waals surface area contributed by atoms with E-state index in [1.807, 2.05) is 0 Å². The summed E-state index contributed by atoms with van der Waals surface area (Å²) in [6.45, 7) is 0. The molecule has 0 aliphatic rings. The van der Waals surface area contributed by atoms with Gasteiger partial charge in [0.2, 0.25) is 0 Å². The highest BCUT2D eigenvalue weighted by Crippen LogP contribution is 2.51. The van der Waals surface area contributed by atoms with Crippen molar-refractivity contribution in [2.45, 2.75) is 49.1 Å². The normalized spacial score (nSPS) is 16.0. The number of hydrogen-bond acceptors (Lipinski definition) is 16. The zero-order valence-electron chi connectivity index (χ0n) is 20.1. The van der Waals surface area contributed by atoms with Crippen LogP contribution in [0, 0.1) is 0 Å². The van der Waals surface area contributed by atoms with Crippen LogP contribution in [0.25, 0.3) is 0 Å². The van der Waals surface area contributed by atoms with Crippen molar-refractivity contribution in [2.24, 2.45) is 0 Å². The van der Waals surface area contributed by atoms with E-state index in [0.29, 0.717) is 0 Å². The first kappa shape index (κ1) is 38.0. The average molecular weight is 658 g/mol. The van der Waals surface area contributed by atoms with Gasteiger partial charge in [-0.3, -0.25) is 38.0 Å². The van der Waals surface area contributed by atoms with Gasteiger partial charge < -0.3 is 49.9 Å². The number of phosphoric ester groups is 2. The fraction of sp³-hybridized carbons (Fsp3) is 0.500. The van der Waals surface area contributed by atoms with Crippen molar-refractivity contribution in [2.75, 3.05) is 0 Å². The summed E-state index contributed by atoms with van der Waals surface area (Å²) in [5.41, 5.74) is -7.15. The largest absolute Gasteiger partial charge is 0.530 e. The fourth-order valence-electron chi connectivity index (χ4n) is 2.68. The fourth-order valence-corrected chi connectivity index (χ4v) is 4.73. The van der Waals surface area contributed by atoms with Gasteiger partial charge in [0.1, 0.15) is 0 Å². The van der Waals surface area contributed by atoms with Crippen molar-refractivity contribution in [1.82, 2.24) is 0 Å². The predicted molar refractivity (Wildman–Crippen MR) is 116 cm³/mol. The van der Waals surface area contributed by atoms with Crippen LogP contribution in [-0.2, 0) is 65.6 Å². The Hall–Kier alpha value is -4.02. The van der Waals surface area contributed by atoms with Crippen molar-refractivity contribution in [3.8, 4) is 0 Å². The summed E-state index contributed by atoms with van der Waals surface area (Å²) in [7, 11) is -12.5. The lowest BCUT2D eigenvalue weighted by atomic mass is 9.96. The average Bonchev–Trinajstić information content (AvgIpc) is 2.74. The Morgan fingerprint density at radius 1 is 0.524 bits per heavy atom. The van der Waals surface area contributed by atoms with E-state index in [0.717, 1.165) is 0 Å². The molecule has 0 saturated heterocycles. The van der Waals surface area contributed by atoms with Crippen LogP contribution < -0.4 is 0 Å². The van der Waals surface area contributed by atoms with Crippen LogP contribution >= 0.6 is 15.6 Å². The monoisotopic (exact) mass is 658 g/mol. The van der Waals surface area contributed by atoms with Gasteiger partial charge in [-0.15, -0.1) is 0 Å².